The number of amides is 1. The summed E-state index contributed by atoms with van der Waals surface area (Å²) in [7, 11) is 1.63. The Labute approximate surface area is 140 Å². The zero-order chi connectivity index (χ0) is 17.1. The highest BCUT2D eigenvalue weighted by Gasteiger charge is 2.12. The second-order valence-corrected chi connectivity index (χ2v) is 5.41. The Morgan fingerprint density at radius 3 is 2.75 bits per heavy atom. The van der Waals surface area contributed by atoms with Gasteiger partial charge in [-0.25, -0.2) is 0 Å². The van der Waals surface area contributed by atoms with Crippen LogP contribution in [0.2, 0.25) is 0 Å². The van der Waals surface area contributed by atoms with Gasteiger partial charge in [0.15, 0.2) is 6.10 Å². The summed E-state index contributed by atoms with van der Waals surface area (Å²) < 4.78 is 11.0. The van der Waals surface area contributed by atoms with E-state index in [0.29, 0.717) is 5.75 Å². The van der Waals surface area contributed by atoms with Crippen LogP contribution in [0.4, 0.5) is 0 Å². The molecule has 0 bridgehead atoms. The first kappa shape index (κ1) is 15.8. The zero-order valence-electron chi connectivity index (χ0n) is 13.5. The van der Waals surface area contributed by atoms with Gasteiger partial charge >= 0.3 is 0 Å². The predicted molar refractivity (Wildman–Crippen MR) is 93.0 cm³/mol. The Morgan fingerprint density at radius 1 is 1.17 bits per heavy atom. The van der Waals surface area contributed by atoms with Crippen molar-refractivity contribution in [2.24, 2.45) is 5.73 Å². The van der Waals surface area contributed by atoms with Crippen LogP contribution in [0.25, 0.3) is 22.0 Å². The molecule has 0 aliphatic carbocycles. The lowest BCUT2D eigenvalue weighted by Crippen LogP contribution is -2.30. The Hall–Kier alpha value is -3.08. The maximum Gasteiger partial charge on any atom is 0.258 e. The summed E-state index contributed by atoms with van der Waals surface area (Å²) in [6.45, 7) is 1.63. The number of ether oxygens (including phenoxy) is 2. The number of rotatable bonds is 5. The molecule has 0 saturated carbocycles. The number of fused-ring (bicyclic) bond motifs is 1. The van der Waals surface area contributed by atoms with Gasteiger partial charge < -0.3 is 15.2 Å². The van der Waals surface area contributed by atoms with Crippen LogP contribution in [0.3, 0.4) is 0 Å². The normalized spacial score (nSPS) is 11.9. The molecule has 5 heteroatoms. The maximum atomic E-state index is 11.2. The molecule has 2 N–H and O–H groups in total. The highest BCUT2D eigenvalue weighted by atomic mass is 16.5. The molecule has 24 heavy (non-hydrogen) atoms. The minimum absolute atomic E-state index is 0.500. The maximum absolute atomic E-state index is 11.2. The van der Waals surface area contributed by atoms with Gasteiger partial charge in [-0.3, -0.25) is 9.78 Å². The number of carbonyl (C=O) groups is 1. The molecule has 3 rings (SSSR count). The van der Waals surface area contributed by atoms with Crippen molar-refractivity contribution in [2.75, 3.05) is 7.11 Å². The number of hydrogen-bond donors (Lipinski definition) is 1. The fourth-order valence-corrected chi connectivity index (χ4v) is 2.56. The summed E-state index contributed by atoms with van der Waals surface area (Å²) in [6.07, 6.45) is 1.05. The first-order valence-corrected chi connectivity index (χ1v) is 7.58. The zero-order valence-corrected chi connectivity index (χ0v) is 13.5. The lowest BCUT2D eigenvalue weighted by atomic mass is 10.00. The number of methoxy groups -OCH3 is 1. The van der Waals surface area contributed by atoms with Gasteiger partial charge in [0.1, 0.15) is 17.0 Å². The van der Waals surface area contributed by atoms with Crippen molar-refractivity contribution < 1.29 is 14.3 Å². The lowest BCUT2D eigenvalue weighted by molar-refractivity contribution is -0.123. The van der Waals surface area contributed by atoms with E-state index in [-0.39, 0.29) is 0 Å². The minimum Gasteiger partial charge on any atom is -0.494 e. The average molecular weight is 322 g/mol. The number of nitrogens with two attached hydrogens (primary N) is 1. The topological polar surface area (TPSA) is 74.4 Å². The van der Waals surface area contributed by atoms with E-state index in [1.807, 2.05) is 42.5 Å². The number of hydrogen-bond acceptors (Lipinski definition) is 4. The molecular weight excluding hydrogens is 304 g/mol. The molecule has 2 aromatic carbocycles. The molecule has 0 unspecified atom stereocenters. The van der Waals surface area contributed by atoms with Crippen molar-refractivity contribution in [1.29, 1.82) is 0 Å². The highest BCUT2D eigenvalue weighted by Crippen LogP contribution is 2.34. The van der Waals surface area contributed by atoms with Gasteiger partial charge in [0.25, 0.3) is 5.91 Å². The molecule has 1 heterocycles. The Morgan fingerprint density at radius 2 is 2.00 bits per heavy atom. The highest BCUT2D eigenvalue weighted by molar-refractivity contribution is 5.97. The van der Waals surface area contributed by atoms with Crippen molar-refractivity contribution in [3.63, 3.8) is 0 Å². The van der Waals surface area contributed by atoms with Gasteiger partial charge in [0.2, 0.25) is 0 Å². The number of benzene rings is 2. The summed E-state index contributed by atoms with van der Waals surface area (Å²) in [4.78, 5) is 15.6. The number of primary amides is 1. The molecule has 1 aromatic heterocycles. The second kappa shape index (κ2) is 6.58. The Bertz CT molecular complexity index is 893. The predicted octanol–water partition coefficient (Wildman–Crippen LogP) is 3.16. The summed E-state index contributed by atoms with van der Waals surface area (Å²) >= 11 is 0. The van der Waals surface area contributed by atoms with Crippen molar-refractivity contribution in [3.8, 4) is 22.6 Å². The van der Waals surface area contributed by atoms with Crippen LogP contribution in [0.5, 0.6) is 11.5 Å². The van der Waals surface area contributed by atoms with Gasteiger partial charge in [-0.15, -0.1) is 0 Å². The Kier molecular flexibility index (Phi) is 4.33. The molecule has 0 spiro atoms. The van der Waals surface area contributed by atoms with Crippen molar-refractivity contribution in [2.45, 2.75) is 13.0 Å². The number of carbonyl (C=O) groups excluding carboxylic acids is 1. The van der Waals surface area contributed by atoms with E-state index >= 15 is 0 Å². The van der Waals surface area contributed by atoms with E-state index in [2.05, 4.69) is 4.98 Å². The van der Waals surface area contributed by atoms with Crippen LogP contribution < -0.4 is 15.2 Å². The van der Waals surface area contributed by atoms with Gasteiger partial charge in [-0.1, -0.05) is 18.2 Å². The molecule has 0 aliphatic rings. The lowest BCUT2D eigenvalue weighted by Gasteiger charge is -2.13. The molecule has 1 amide bonds. The smallest absolute Gasteiger partial charge is 0.258 e. The first-order valence-electron chi connectivity index (χ1n) is 7.58. The van der Waals surface area contributed by atoms with Gasteiger partial charge in [-0.05, 0) is 48.4 Å². The van der Waals surface area contributed by atoms with E-state index in [0.717, 1.165) is 27.8 Å². The number of aromatic nitrogens is 1. The summed E-state index contributed by atoms with van der Waals surface area (Å²) in [5.74, 6) is 0.815. The van der Waals surface area contributed by atoms with Gasteiger partial charge in [0, 0.05) is 11.6 Å². The summed E-state index contributed by atoms with van der Waals surface area (Å²) in [5.41, 5.74) is 8.03. The van der Waals surface area contributed by atoms with E-state index in [1.165, 1.54) is 0 Å². The second-order valence-electron chi connectivity index (χ2n) is 5.41. The quantitative estimate of drug-likeness (QED) is 0.783. The molecular formula is C19H18N2O3. The van der Waals surface area contributed by atoms with Crippen LogP contribution in [0.15, 0.2) is 54.7 Å². The van der Waals surface area contributed by atoms with E-state index in [9.17, 15) is 4.79 Å². The van der Waals surface area contributed by atoms with E-state index in [4.69, 9.17) is 15.2 Å². The molecule has 0 radical (unpaired) electrons. The van der Waals surface area contributed by atoms with Crippen molar-refractivity contribution >= 4 is 16.8 Å². The van der Waals surface area contributed by atoms with Crippen molar-refractivity contribution in [3.05, 3.63) is 54.7 Å². The third-order valence-corrected chi connectivity index (χ3v) is 3.81. The summed E-state index contributed by atoms with van der Waals surface area (Å²) in [6, 6.07) is 15.3. The Balaban J connectivity index is 2.07. The SMILES string of the molecule is COc1ccc(-c2cccc(O[C@H](C)C(N)=O)c2)c2cccnc12. The van der Waals surface area contributed by atoms with Crippen LogP contribution in [-0.4, -0.2) is 24.1 Å². The van der Waals surface area contributed by atoms with Gasteiger partial charge in [-0.2, -0.15) is 0 Å². The average Bonchev–Trinajstić information content (AvgIpc) is 2.61. The van der Waals surface area contributed by atoms with Crippen LogP contribution in [0, 0.1) is 0 Å². The van der Waals surface area contributed by atoms with E-state index < -0.39 is 12.0 Å². The molecule has 0 aliphatic heterocycles. The van der Waals surface area contributed by atoms with E-state index in [1.54, 1.807) is 26.3 Å². The molecule has 3 aromatic rings. The largest absolute Gasteiger partial charge is 0.494 e. The fraction of sp³-hybridized carbons (Fsp3) is 0.158. The minimum atomic E-state index is -0.686. The fourth-order valence-electron chi connectivity index (χ4n) is 2.56. The molecule has 122 valence electrons. The van der Waals surface area contributed by atoms with Crippen molar-refractivity contribution in [1.82, 2.24) is 4.98 Å². The standard InChI is InChI=1S/C19H18N2O3/c1-12(19(20)22)24-14-6-3-5-13(11-14)15-8-9-17(23-2)18-16(15)7-4-10-21-18/h3-12H,1-2H3,(H2,20,22)/t12-/m1/s1. The molecule has 0 fully saturated rings. The molecule has 5 nitrogen and oxygen atoms in total. The molecule has 0 saturated heterocycles. The monoisotopic (exact) mass is 322 g/mol. The van der Waals surface area contributed by atoms with Crippen LogP contribution >= 0.6 is 0 Å². The van der Waals surface area contributed by atoms with Crippen LogP contribution in [0.1, 0.15) is 6.92 Å². The number of pyridine rings is 1. The number of nitrogens with zero attached hydrogens (tertiary/aromatic N) is 1. The summed E-state index contributed by atoms with van der Waals surface area (Å²) in [5, 5.41) is 0.983. The van der Waals surface area contributed by atoms with Gasteiger partial charge in [0.05, 0.1) is 7.11 Å². The first-order chi connectivity index (χ1) is 11.6. The molecule has 1 atom stereocenters. The third-order valence-electron chi connectivity index (χ3n) is 3.81. The third kappa shape index (κ3) is 3.01. The van der Waals surface area contributed by atoms with Crippen LogP contribution in [-0.2, 0) is 4.79 Å².